The molecule has 0 heterocycles. The first-order valence-corrected chi connectivity index (χ1v) is 5.31. The summed E-state index contributed by atoms with van der Waals surface area (Å²) in [5.41, 5.74) is 7.73. The van der Waals surface area contributed by atoms with Gasteiger partial charge in [0.15, 0.2) is 0 Å². The minimum Gasteiger partial charge on any atom is -0.481 e. The molecule has 0 fully saturated rings. The molecule has 0 amide bonds. The molecule has 0 aromatic heterocycles. The van der Waals surface area contributed by atoms with Crippen molar-refractivity contribution in [3.8, 4) is 0 Å². The van der Waals surface area contributed by atoms with Crippen LogP contribution in [-0.4, -0.2) is 11.1 Å². The van der Waals surface area contributed by atoms with Crippen molar-refractivity contribution in [3.05, 3.63) is 65.7 Å². The van der Waals surface area contributed by atoms with Gasteiger partial charge in [0, 0.05) is 5.69 Å². The Morgan fingerprint density at radius 1 is 0.941 bits per heavy atom. The number of carbonyl (C=O) groups is 1. The molecule has 0 bridgehead atoms. The normalized spacial score (nSPS) is 12.0. The average molecular weight is 227 g/mol. The van der Waals surface area contributed by atoms with Crippen LogP contribution in [0.15, 0.2) is 54.6 Å². The summed E-state index contributed by atoms with van der Waals surface area (Å²) in [4.78, 5) is 11.4. The predicted molar refractivity (Wildman–Crippen MR) is 66.8 cm³/mol. The zero-order valence-electron chi connectivity index (χ0n) is 9.21. The smallest absolute Gasteiger partial charge is 0.315 e. The Morgan fingerprint density at radius 3 is 2.00 bits per heavy atom. The van der Waals surface area contributed by atoms with Gasteiger partial charge < -0.3 is 10.8 Å². The Bertz CT molecular complexity index is 506. The van der Waals surface area contributed by atoms with Crippen molar-refractivity contribution >= 4 is 11.7 Å². The highest BCUT2D eigenvalue weighted by Crippen LogP contribution is 2.25. The molecule has 0 aliphatic rings. The number of nitrogen functional groups attached to an aromatic ring is 1. The van der Waals surface area contributed by atoms with Crippen LogP contribution in [0.5, 0.6) is 0 Å². The van der Waals surface area contributed by atoms with Gasteiger partial charge in [-0.3, -0.25) is 4.79 Å². The van der Waals surface area contributed by atoms with Crippen LogP contribution in [0.1, 0.15) is 17.0 Å². The second kappa shape index (κ2) is 4.70. The lowest BCUT2D eigenvalue weighted by atomic mass is 9.91. The largest absolute Gasteiger partial charge is 0.481 e. The Hall–Kier alpha value is -2.29. The van der Waals surface area contributed by atoms with E-state index in [1.165, 1.54) is 0 Å². The van der Waals surface area contributed by atoms with Crippen molar-refractivity contribution in [1.82, 2.24) is 0 Å². The summed E-state index contributed by atoms with van der Waals surface area (Å²) in [6.07, 6.45) is 0. The first kappa shape index (κ1) is 11.2. The fraction of sp³-hybridized carbons (Fsp3) is 0.0714. The van der Waals surface area contributed by atoms with Crippen LogP contribution in [0.3, 0.4) is 0 Å². The van der Waals surface area contributed by atoms with E-state index in [1.54, 1.807) is 24.3 Å². The van der Waals surface area contributed by atoms with Gasteiger partial charge in [0.2, 0.25) is 0 Å². The molecule has 0 aliphatic carbocycles. The topological polar surface area (TPSA) is 63.3 Å². The summed E-state index contributed by atoms with van der Waals surface area (Å²) < 4.78 is 0. The van der Waals surface area contributed by atoms with E-state index in [2.05, 4.69) is 0 Å². The number of nitrogens with two attached hydrogens (primary N) is 1. The predicted octanol–water partition coefficient (Wildman–Crippen LogP) is 2.49. The molecule has 1 atom stereocenters. The summed E-state index contributed by atoms with van der Waals surface area (Å²) in [7, 11) is 0. The van der Waals surface area contributed by atoms with Gasteiger partial charge in [0.05, 0.1) is 0 Å². The summed E-state index contributed by atoms with van der Waals surface area (Å²) in [6.45, 7) is 0. The lowest BCUT2D eigenvalue weighted by Crippen LogP contribution is -2.12. The maximum absolute atomic E-state index is 11.4. The Kier molecular flexibility index (Phi) is 3.10. The van der Waals surface area contributed by atoms with Gasteiger partial charge in [-0.15, -0.1) is 0 Å². The first-order chi connectivity index (χ1) is 8.18. The van der Waals surface area contributed by atoms with Crippen LogP contribution >= 0.6 is 0 Å². The molecule has 3 nitrogen and oxygen atoms in total. The van der Waals surface area contributed by atoms with Crippen molar-refractivity contribution in [2.45, 2.75) is 5.92 Å². The van der Waals surface area contributed by atoms with Gasteiger partial charge in [-0.25, -0.2) is 0 Å². The van der Waals surface area contributed by atoms with Gasteiger partial charge >= 0.3 is 5.97 Å². The van der Waals surface area contributed by atoms with Crippen molar-refractivity contribution in [2.75, 3.05) is 5.73 Å². The summed E-state index contributed by atoms with van der Waals surface area (Å²) >= 11 is 0. The molecule has 0 unspecified atom stereocenters. The Labute approximate surface area is 99.5 Å². The van der Waals surface area contributed by atoms with E-state index in [1.807, 2.05) is 30.3 Å². The number of carboxylic acid groups (broad SMARTS) is 1. The third-order valence-corrected chi connectivity index (χ3v) is 2.65. The number of hydrogen-bond acceptors (Lipinski definition) is 2. The van der Waals surface area contributed by atoms with Crippen LogP contribution in [-0.2, 0) is 4.79 Å². The minimum absolute atomic E-state index is 0.631. The van der Waals surface area contributed by atoms with E-state index in [4.69, 9.17) is 5.73 Å². The van der Waals surface area contributed by atoms with E-state index in [9.17, 15) is 9.90 Å². The zero-order chi connectivity index (χ0) is 12.3. The molecule has 86 valence electrons. The quantitative estimate of drug-likeness (QED) is 0.792. The first-order valence-electron chi connectivity index (χ1n) is 5.31. The van der Waals surface area contributed by atoms with Crippen LogP contribution < -0.4 is 5.73 Å². The van der Waals surface area contributed by atoms with Crippen molar-refractivity contribution in [3.63, 3.8) is 0 Å². The molecule has 0 saturated carbocycles. The summed E-state index contributed by atoms with van der Waals surface area (Å²) in [6, 6.07) is 16.1. The minimum atomic E-state index is -0.860. The number of aliphatic carboxylic acids is 1. The maximum Gasteiger partial charge on any atom is 0.315 e. The SMILES string of the molecule is Nc1ccc([C@H](C(=O)O)c2ccccc2)cc1. The lowest BCUT2D eigenvalue weighted by molar-refractivity contribution is -0.137. The number of anilines is 1. The number of hydrogen-bond donors (Lipinski definition) is 2. The summed E-state index contributed by atoms with van der Waals surface area (Å²) in [5.74, 6) is -1.50. The molecule has 2 rings (SSSR count). The fourth-order valence-electron chi connectivity index (χ4n) is 1.81. The fourth-order valence-corrected chi connectivity index (χ4v) is 1.81. The van der Waals surface area contributed by atoms with Gasteiger partial charge in [-0.1, -0.05) is 42.5 Å². The highest BCUT2D eigenvalue weighted by atomic mass is 16.4. The standard InChI is InChI=1S/C14H13NO2/c15-12-8-6-11(7-9-12)13(14(16)17)10-4-2-1-3-5-10/h1-9,13H,15H2,(H,16,17)/t13-/m1/s1. The van der Waals surface area contributed by atoms with Crippen LogP contribution in [0.4, 0.5) is 5.69 Å². The second-order valence-electron chi connectivity index (χ2n) is 3.85. The number of rotatable bonds is 3. The van der Waals surface area contributed by atoms with Crippen LogP contribution in [0.25, 0.3) is 0 Å². The molecular formula is C14H13NO2. The molecule has 2 aromatic carbocycles. The van der Waals surface area contributed by atoms with Gasteiger partial charge in [-0.2, -0.15) is 0 Å². The van der Waals surface area contributed by atoms with E-state index in [0.29, 0.717) is 5.69 Å². The molecule has 0 saturated heterocycles. The molecular weight excluding hydrogens is 214 g/mol. The average Bonchev–Trinajstić information content (AvgIpc) is 2.33. The third-order valence-electron chi connectivity index (χ3n) is 2.65. The molecule has 3 heteroatoms. The van der Waals surface area contributed by atoms with E-state index >= 15 is 0 Å². The number of benzene rings is 2. The van der Waals surface area contributed by atoms with Gasteiger partial charge in [0.1, 0.15) is 5.92 Å². The lowest BCUT2D eigenvalue weighted by Gasteiger charge is -2.13. The van der Waals surface area contributed by atoms with Gasteiger partial charge in [-0.05, 0) is 23.3 Å². The Morgan fingerprint density at radius 2 is 1.47 bits per heavy atom. The van der Waals surface area contributed by atoms with Crippen LogP contribution in [0, 0.1) is 0 Å². The molecule has 0 spiro atoms. The molecule has 17 heavy (non-hydrogen) atoms. The maximum atomic E-state index is 11.4. The van der Waals surface area contributed by atoms with E-state index in [0.717, 1.165) is 11.1 Å². The van der Waals surface area contributed by atoms with Crippen LogP contribution in [0.2, 0.25) is 0 Å². The van der Waals surface area contributed by atoms with E-state index in [-0.39, 0.29) is 0 Å². The highest BCUT2D eigenvalue weighted by Gasteiger charge is 2.21. The molecule has 0 radical (unpaired) electrons. The van der Waals surface area contributed by atoms with Crippen molar-refractivity contribution in [2.24, 2.45) is 0 Å². The zero-order valence-corrected chi connectivity index (χ0v) is 9.21. The molecule has 0 aliphatic heterocycles. The Balaban J connectivity index is 2.43. The summed E-state index contributed by atoms with van der Waals surface area (Å²) in [5, 5.41) is 9.32. The van der Waals surface area contributed by atoms with Gasteiger partial charge in [0.25, 0.3) is 0 Å². The molecule has 2 aromatic rings. The number of carboxylic acids is 1. The second-order valence-corrected chi connectivity index (χ2v) is 3.85. The van der Waals surface area contributed by atoms with E-state index < -0.39 is 11.9 Å². The monoisotopic (exact) mass is 227 g/mol. The third kappa shape index (κ3) is 2.45. The molecule has 3 N–H and O–H groups in total. The van der Waals surface area contributed by atoms with Crippen molar-refractivity contribution in [1.29, 1.82) is 0 Å². The van der Waals surface area contributed by atoms with Crippen molar-refractivity contribution < 1.29 is 9.90 Å². The highest BCUT2D eigenvalue weighted by molar-refractivity contribution is 5.80.